The van der Waals surface area contributed by atoms with Crippen LogP contribution in [0.3, 0.4) is 0 Å². The van der Waals surface area contributed by atoms with Gasteiger partial charge in [0.2, 0.25) is 0 Å². The number of halogens is 1. The van der Waals surface area contributed by atoms with Crippen molar-refractivity contribution in [1.29, 1.82) is 0 Å². The lowest BCUT2D eigenvalue weighted by Gasteiger charge is -2.16. The number of rotatable bonds is 5. The maximum Gasteiger partial charge on any atom is 0.267 e. The molecule has 2 atom stereocenters. The number of aryl methyl sites for hydroxylation is 1. The van der Waals surface area contributed by atoms with Gasteiger partial charge in [-0.1, -0.05) is 26.7 Å². The number of carbonyl (C=O) groups is 1. The Labute approximate surface area is 123 Å². The molecule has 2 rings (SSSR count). The average molecular weight is 327 g/mol. The second-order valence-electron chi connectivity index (χ2n) is 5.62. The Balaban J connectivity index is 1.95. The van der Waals surface area contributed by atoms with E-state index in [0.29, 0.717) is 5.92 Å². The number of hydrogen-bond donors (Lipinski definition) is 1. The summed E-state index contributed by atoms with van der Waals surface area (Å²) in [7, 11) is 0. The molecule has 106 valence electrons. The number of hydrogen-bond acceptors (Lipinski definition) is 1. The van der Waals surface area contributed by atoms with Gasteiger partial charge in [-0.2, -0.15) is 0 Å². The van der Waals surface area contributed by atoms with Gasteiger partial charge in [-0.25, -0.2) is 0 Å². The lowest BCUT2D eigenvalue weighted by molar-refractivity contribution is 0.0935. The van der Waals surface area contributed by atoms with Gasteiger partial charge in [0, 0.05) is 23.8 Å². The SMILES string of the molecule is CCCn1cc(Br)cc1C(=O)NCC1CCCC1C. The first-order valence-corrected chi connectivity index (χ1v) is 8.05. The van der Waals surface area contributed by atoms with Crippen LogP contribution in [-0.2, 0) is 6.54 Å². The van der Waals surface area contributed by atoms with Gasteiger partial charge in [0.15, 0.2) is 0 Å². The fourth-order valence-electron chi connectivity index (χ4n) is 2.93. The van der Waals surface area contributed by atoms with Gasteiger partial charge in [0.1, 0.15) is 5.69 Å². The number of aromatic nitrogens is 1. The van der Waals surface area contributed by atoms with Crippen molar-refractivity contribution in [2.24, 2.45) is 11.8 Å². The van der Waals surface area contributed by atoms with Crippen molar-refractivity contribution in [3.63, 3.8) is 0 Å². The van der Waals surface area contributed by atoms with E-state index < -0.39 is 0 Å². The van der Waals surface area contributed by atoms with Crippen LogP contribution in [-0.4, -0.2) is 17.0 Å². The third-order valence-electron chi connectivity index (χ3n) is 4.12. The summed E-state index contributed by atoms with van der Waals surface area (Å²) in [6, 6.07) is 1.91. The van der Waals surface area contributed by atoms with E-state index in [2.05, 4.69) is 35.1 Å². The minimum absolute atomic E-state index is 0.0539. The van der Waals surface area contributed by atoms with E-state index in [1.165, 1.54) is 19.3 Å². The number of amides is 1. The topological polar surface area (TPSA) is 34.0 Å². The van der Waals surface area contributed by atoms with Crippen molar-refractivity contribution in [3.05, 3.63) is 22.4 Å². The molecule has 1 saturated carbocycles. The van der Waals surface area contributed by atoms with E-state index in [-0.39, 0.29) is 5.91 Å². The molecule has 19 heavy (non-hydrogen) atoms. The molecule has 0 aliphatic heterocycles. The quantitative estimate of drug-likeness (QED) is 0.876. The molecule has 1 N–H and O–H groups in total. The van der Waals surface area contributed by atoms with Gasteiger partial charge >= 0.3 is 0 Å². The highest BCUT2D eigenvalue weighted by Gasteiger charge is 2.24. The van der Waals surface area contributed by atoms with Crippen LogP contribution < -0.4 is 5.32 Å². The van der Waals surface area contributed by atoms with E-state index in [0.717, 1.165) is 35.6 Å². The maximum absolute atomic E-state index is 12.3. The molecule has 0 aromatic carbocycles. The van der Waals surface area contributed by atoms with E-state index in [9.17, 15) is 4.79 Å². The highest BCUT2D eigenvalue weighted by atomic mass is 79.9. The van der Waals surface area contributed by atoms with Crippen molar-refractivity contribution in [1.82, 2.24) is 9.88 Å². The zero-order valence-corrected chi connectivity index (χ0v) is 13.4. The highest BCUT2D eigenvalue weighted by molar-refractivity contribution is 9.10. The summed E-state index contributed by atoms with van der Waals surface area (Å²) in [5, 5.41) is 3.10. The molecular formula is C15H23BrN2O. The van der Waals surface area contributed by atoms with Gasteiger partial charge in [0.05, 0.1) is 0 Å². The molecule has 3 nitrogen and oxygen atoms in total. The second kappa shape index (κ2) is 6.60. The molecule has 1 aromatic heterocycles. The van der Waals surface area contributed by atoms with Crippen LogP contribution in [0.2, 0.25) is 0 Å². The van der Waals surface area contributed by atoms with Crippen LogP contribution in [0.25, 0.3) is 0 Å². The molecule has 0 bridgehead atoms. The van der Waals surface area contributed by atoms with E-state index >= 15 is 0 Å². The minimum Gasteiger partial charge on any atom is -0.350 e. The number of carbonyl (C=O) groups excluding carboxylic acids is 1. The highest BCUT2D eigenvalue weighted by Crippen LogP contribution is 2.30. The average Bonchev–Trinajstić information content (AvgIpc) is 2.93. The van der Waals surface area contributed by atoms with Crippen molar-refractivity contribution in [3.8, 4) is 0 Å². The first kappa shape index (κ1) is 14.6. The predicted molar refractivity (Wildman–Crippen MR) is 81.3 cm³/mol. The Morgan fingerprint density at radius 3 is 2.95 bits per heavy atom. The first-order valence-electron chi connectivity index (χ1n) is 7.25. The van der Waals surface area contributed by atoms with Gasteiger partial charge in [-0.05, 0) is 46.7 Å². The third-order valence-corrected chi connectivity index (χ3v) is 4.56. The van der Waals surface area contributed by atoms with Crippen LogP contribution >= 0.6 is 15.9 Å². The van der Waals surface area contributed by atoms with Gasteiger partial charge in [-0.15, -0.1) is 0 Å². The molecule has 4 heteroatoms. The van der Waals surface area contributed by atoms with Crippen molar-refractivity contribution in [2.45, 2.75) is 46.1 Å². The van der Waals surface area contributed by atoms with E-state index in [4.69, 9.17) is 0 Å². The largest absolute Gasteiger partial charge is 0.350 e. The monoisotopic (exact) mass is 326 g/mol. The molecular weight excluding hydrogens is 304 g/mol. The van der Waals surface area contributed by atoms with Crippen LogP contribution in [0.4, 0.5) is 0 Å². The van der Waals surface area contributed by atoms with Crippen LogP contribution in [0.15, 0.2) is 16.7 Å². The van der Waals surface area contributed by atoms with Gasteiger partial charge in [-0.3, -0.25) is 4.79 Å². The minimum atomic E-state index is 0.0539. The molecule has 1 fully saturated rings. The molecule has 0 spiro atoms. The molecule has 1 aromatic rings. The second-order valence-corrected chi connectivity index (χ2v) is 6.53. The molecule has 2 unspecified atom stereocenters. The summed E-state index contributed by atoms with van der Waals surface area (Å²) < 4.78 is 3.00. The Morgan fingerprint density at radius 1 is 1.53 bits per heavy atom. The van der Waals surface area contributed by atoms with E-state index in [1.54, 1.807) is 0 Å². The first-order chi connectivity index (χ1) is 9.11. The summed E-state index contributed by atoms with van der Waals surface area (Å²) in [6.45, 7) is 6.11. The lowest BCUT2D eigenvalue weighted by Crippen LogP contribution is -2.31. The third kappa shape index (κ3) is 3.62. The summed E-state index contributed by atoms with van der Waals surface area (Å²) in [5.74, 6) is 1.45. The lowest BCUT2D eigenvalue weighted by atomic mass is 9.98. The van der Waals surface area contributed by atoms with Gasteiger partial charge < -0.3 is 9.88 Å². The zero-order chi connectivity index (χ0) is 13.8. The summed E-state index contributed by atoms with van der Waals surface area (Å²) >= 11 is 3.45. The zero-order valence-electron chi connectivity index (χ0n) is 11.8. The molecule has 0 radical (unpaired) electrons. The Kier molecular flexibility index (Phi) is 5.08. The Morgan fingerprint density at radius 2 is 2.32 bits per heavy atom. The van der Waals surface area contributed by atoms with Crippen molar-refractivity contribution >= 4 is 21.8 Å². The van der Waals surface area contributed by atoms with Crippen LogP contribution in [0.5, 0.6) is 0 Å². The summed E-state index contributed by atoms with van der Waals surface area (Å²) in [5.41, 5.74) is 0.763. The van der Waals surface area contributed by atoms with Crippen LogP contribution in [0, 0.1) is 11.8 Å². The Bertz CT molecular complexity index is 441. The molecule has 1 amide bonds. The summed E-state index contributed by atoms with van der Waals surface area (Å²) in [4.78, 5) is 12.3. The Hall–Kier alpha value is -0.770. The van der Waals surface area contributed by atoms with Crippen LogP contribution in [0.1, 0.15) is 50.0 Å². The number of nitrogens with zero attached hydrogens (tertiary/aromatic N) is 1. The maximum atomic E-state index is 12.3. The standard InChI is InChI=1S/C15H23BrN2O/c1-3-7-18-10-13(16)8-14(18)15(19)17-9-12-6-4-5-11(12)2/h8,10-12H,3-7,9H2,1-2H3,(H,17,19). The molecule has 1 aliphatic carbocycles. The fraction of sp³-hybridized carbons (Fsp3) is 0.667. The predicted octanol–water partition coefficient (Wildman–Crippen LogP) is 3.83. The smallest absolute Gasteiger partial charge is 0.267 e. The van der Waals surface area contributed by atoms with E-state index in [1.807, 2.05) is 16.8 Å². The van der Waals surface area contributed by atoms with Crippen molar-refractivity contribution in [2.75, 3.05) is 6.54 Å². The fourth-order valence-corrected chi connectivity index (χ4v) is 3.39. The summed E-state index contributed by atoms with van der Waals surface area (Å²) in [6.07, 6.45) is 6.87. The molecule has 0 saturated heterocycles. The number of nitrogens with one attached hydrogen (secondary N) is 1. The molecule has 1 aliphatic rings. The van der Waals surface area contributed by atoms with Gasteiger partial charge in [0.25, 0.3) is 5.91 Å². The molecule has 1 heterocycles. The normalized spacial score (nSPS) is 22.7. The van der Waals surface area contributed by atoms with Crippen molar-refractivity contribution < 1.29 is 4.79 Å².